The highest BCUT2D eigenvalue weighted by molar-refractivity contribution is 6.21. The van der Waals surface area contributed by atoms with Crippen molar-refractivity contribution in [2.45, 2.75) is 84.2 Å². The number of imide groups is 2. The van der Waals surface area contributed by atoms with Crippen molar-refractivity contribution in [1.82, 2.24) is 9.80 Å². The van der Waals surface area contributed by atoms with E-state index < -0.39 is 46.8 Å². The van der Waals surface area contributed by atoms with Crippen LogP contribution in [0.15, 0.2) is 18.2 Å². The number of aliphatic hydroxyl groups excluding tert-OH is 1. The maximum absolute atomic E-state index is 12.9. The summed E-state index contributed by atoms with van der Waals surface area (Å²) in [7, 11) is 0. The molecule has 4 amide bonds. The quantitative estimate of drug-likeness (QED) is 0.514. The lowest BCUT2D eigenvalue weighted by atomic mass is 10.1. The van der Waals surface area contributed by atoms with Gasteiger partial charge in [-0.25, -0.2) is 9.59 Å². The second kappa shape index (κ2) is 9.00. The Morgan fingerprint density at radius 2 is 1.54 bits per heavy atom. The van der Waals surface area contributed by atoms with Crippen molar-refractivity contribution in [2.24, 2.45) is 0 Å². The van der Waals surface area contributed by atoms with E-state index in [1.54, 1.807) is 59.7 Å². The summed E-state index contributed by atoms with van der Waals surface area (Å²) in [5, 5.41) is 10.5. The molecule has 9 nitrogen and oxygen atoms in total. The minimum Gasteiger partial charge on any atom is -0.443 e. The number of benzene rings is 1. The summed E-state index contributed by atoms with van der Waals surface area (Å²) in [6.07, 6.45) is -2.43. The fraction of sp³-hybridized carbons (Fsp3) is 0.538. The molecule has 1 aliphatic carbocycles. The van der Waals surface area contributed by atoms with Crippen LogP contribution < -0.4 is 0 Å². The van der Waals surface area contributed by atoms with Crippen molar-refractivity contribution in [3.8, 4) is 11.8 Å². The minimum atomic E-state index is -1.38. The Bertz CT molecular complexity index is 1100. The summed E-state index contributed by atoms with van der Waals surface area (Å²) >= 11 is 0. The zero-order valence-electron chi connectivity index (χ0n) is 21.2. The van der Waals surface area contributed by atoms with Gasteiger partial charge in [0.05, 0.1) is 17.7 Å². The van der Waals surface area contributed by atoms with Crippen molar-refractivity contribution >= 4 is 24.0 Å². The van der Waals surface area contributed by atoms with Crippen LogP contribution in [0.4, 0.5) is 9.59 Å². The lowest BCUT2D eigenvalue weighted by Gasteiger charge is -2.31. The average Bonchev–Trinajstić information content (AvgIpc) is 3.42. The molecule has 0 bridgehead atoms. The number of hydrogen-bond acceptors (Lipinski definition) is 7. The number of carbonyl (C=O) groups is 4. The molecule has 0 aromatic heterocycles. The van der Waals surface area contributed by atoms with Gasteiger partial charge in [0.2, 0.25) is 0 Å². The first-order valence-corrected chi connectivity index (χ1v) is 11.5. The molecule has 0 saturated heterocycles. The van der Waals surface area contributed by atoms with E-state index in [0.29, 0.717) is 12.8 Å². The van der Waals surface area contributed by atoms with Gasteiger partial charge in [-0.15, -0.1) is 0 Å². The van der Waals surface area contributed by atoms with Crippen molar-refractivity contribution < 1.29 is 33.8 Å². The Hall–Kier alpha value is -3.38. The van der Waals surface area contributed by atoms with E-state index in [0.717, 1.165) is 15.4 Å². The van der Waals surface area contributed by atoms with Gasteiger partial charge in [-0.2, -0.15) is 4.90 Å². The van der Waals surface area contributed by atoms with Gasteiger partial charge in [-0.05, 0) is 73.4 Å². The summed E-state index contributed by atoms with van der Waals surface area (Å²) in [6, 6.07) is 4.95. The van der Waals surface area contributed by atoms with E-state index in [1.165, 1.54) is 0 Å². The van der Waals surface area contributed by atoms with E-state index in [9.17, 15) is 24.3 Å². The molecule has 1 heterocycles. The van der Waals surface area contributed by atoms with Crippen LogP contribution >= 0.6 is 0 Å². The van der Waals surface area contributed by atoms with E-state index in [1.807, 2.05) is 6.92 Å². The minimum absolute atomic E-state index is 0.278. The van der Waals surface area contributed by atoms with Crippen molar-refractivity contribution in [3.05, 3.63) is 34.9 Å². The summed E-state index contributed by atoms with van der Waals surface area (Å²) in [4.78, 5) is 52.9. The van der Waals surface area contributed by atoms with E-state index >= 15 is 0 Å². The van der Waals surface area contributed by atoms with Crippen molar-refractivity contribution in [3.63, 3.8) is 0 Å². The first kappa shape index (κ1) is 26.2. The third-order valence-electron chi connectivity index (χ3n) is 5.26. The van der Waals surface area contributed by atoms with Gasteiger partial charge >= 0.3 is 12.2 Å². The van der Waals surface area contributed by atoms with Crippen LogP contribution in [0.3, 0.4) is 0 Å². The number of β-amino-alcohol motifs (C(OH)–C–C–N with tert-alkyl or cyclic N) is 1. The fourth-order valence-corrected chi connectivity index (χ4v) is 3.57. The number of aryl methyl sites for hydroxylation is 1. The molecule has 188 valence electrons. The van der Waals surface area contributed by atoms with Crippen LogP contribution in [0.2, 0.25) is 0 Å². The summed E-state index contributed by atoms with van der Waals surface area (Å²) in [5.41, 5.74) is -1.51. The molecular weight excluding hydrogens is 452 g/mol. The zero-order chi connectivity index (χ0) is 26.3. The zero-order valence-corrected chi connectivity index (χ0v) is 21.2. The first-order chi connectivity index (χ1) is 16.0. The average molecular weight is 485 g/mol. The van der Waals surface area contributed by atoms with Gasteiger partial charge in [-0.1, -0.05) is 23.5 Å². The monoisotopic (exact) mass is 484 g/mol. The molecule has 0 radical (unpaired) electrons. The smallest absolute Gasteiger partial charge is 0.421 e. The Kier molecular flexibility index (Phi) is 6.75. The summed E-state index contributed by atoms with van der Waals surface area (Å²) in [6.45, 7) is 11.5. The van der Waals surface area contributed by atoms with Crippen LogP contribution in [-0.2, 0) is 9.47 Å². The molecule has 1 saturated carbocycles. The Labute approximate surface area is 205 Å². The van der Waals surface area contributed by atoms with E-state index in [-0.39, 0.29) is 17.7 Å². The highest BCUT2D eigenvalue weighted by Crippen LogP contribution is 2.43. The largest absolute Gasteiger partial charge is 0.443 e. The number of ether oxygens (including phenoxy) is 2. The maximum Gasteiger partial charge on any atom is 0.421 e. The van der Waals surface area contributed by atoms with E-state index in [2.05, 4.69) is 11.8 Å². The van der Waals surface area contributed by atoms with Gasteiger partial charge < -0.3 is 14.6 Å². The SMILES string of the molecule is Cc1ccc2c(c1)C(=O)N(CC(O)C#CC1(N(C(=O)OC(C)(C)C)C(=O)OC(C)(C)C)CC1)C2=O. The molecule has 1 fully saturated rings. The molecule has 1 atom stereocenters. The molecule has 1 N–H and O–H groups in total. The van der Waals surface area contributed by atoms with Gasteiger partial charge in [0.15, 0.2) is 0 Å². The molecule has 1 aromatic rings. The molecule has 9 heteroatoms. The molecule has 35 heavy (non-hydrogen) atoms. The molecule has 3 rings (SSSR count). The molecule has 2 aliphatic rings. The van der Waals surface area contributed by atoms with Crippen LogP contribution in [0.1, 0.15) is 80.7 Å². The second-order valence-electron chi connectivity index (χ2n) is 10.9. The van der Waals surface area contributed by atoms with Crippen molar-refractivity contribution in [2.75, 3.05) is 6.54 Å². The predicted molar refractivity (Wildman–Crippen MR) is 127 cm³/mol. The Morgan fingerprint density at radius 1 is 1.03 bits per heavy atom. The highest BCUT2D eigenvalue weighted by atomic mass is 16.6. The highest BCUT2D eigenvalue weighted by Gasteiger charge is 2.55. The molecule has 1 aromatic carbocycles. The van der Waals surface area contributed by atoms with Crippen LogP contribution in [0, 0.1) is 18.8 Å². The predicted octanol–water partition coefficient (Wildman–Crippen LogP) is 3.66. The molecule has 0 spiro atoms. The second-order valence-corrected chi connectivity index (χ2v) is 10.9. The molecule has 1 aliphatic heterocycles. The molecular formula is C26H32N2O7. The normalized spacial score (nSPS) is 17.2. The number of fused-ring (bicyclic) bond motifs is 1. The third-order valence-corrected chi connectivity index (χ3v) is 5.26. The van der Waals surface area contributed by atoms with E-state index in [4.69, 9.17) is 9.47 Å². The van der Waals surface area contributed by atoms with Gasteiger partial charge in [0.1, 0.15) is 22.8 Å². The fourth-order valence-electron chi connectivity index (χ4n) is 3.57. The lowest BCUT2D eigenvalue weighted by molar-refractivity contribution is -0.00517. The first-order valence-electron chi connectivity index (χ1n) is 11.5. The number of carbonyl (C=O) groups excluding carboxylic acids is 4. The number of amides is 4. The number of hydrogen-bond donors (Lipinski definition) is 1. The third kappa shape index (κ3) is 6.01. The number of aliphatic hydroxyl groups is 1. The number of nitrogens with zero attached hydrogens (tertiary/aromatic N) is 2. The van der Waals surface area contributed by atoms with Gasteiger partial charge in [0, 0.05) is 0 Å². The van der Waals surface area contributed by atoms with Crippen LogP contribution in [0.5, 0.6) is 0 Å². The standard InChI is InChI=1S/C26H32N2O7/c1-16-8-9-18-19(14-16)21(31)27(20(18)30)15-17(29)10-11-26(12-13-26)28(22(32)34-24(2,3)4)23(33)35-25(5,6)7/h8-9,14,17,29H,12-13,15H2,1-7H3. The maximum atomic E-state index is 12.9. The van der Waals surface area contributed by atoms with Gasteiger partial charge in [0.25, 0.3) is 11.8 Å². The van der Waals surface area contributed by atoms with Crippen molar-refractivity contribution in [1.29, 1.82) is 0 Å². The van der Waals surface area contributed by atoms with Gasteiger partial charge in [-0.3, -0.25) is 14.5 Å². The van der Waals surface area contributed by atoms with Crippen LogP contribution in [0.25, 0.3) is 0 Å². The molecule has 1 unspecified atom stereocenters. The Balaban J connectivity index is 1.80. The Morgan fingerprint density at radius 3 is 2.03 bits per heavy atom. The van der Waals surface area contributed by atoms with Crippen LogP contribution in [-0.4, -0.2) is 68.3 Å². The summed E-state index contributed by atoms with van der Waals surface area (Å²) < 4.78 is 10.8. The number of rotatable bonds is 3. The summed E-state index contributed by atoms with van der Waals surface area (Å²) in [5.74, 6) is 4.42. The lowest BCUT2D eigenvalue weighted by Crippen LogP contribution is -2.50. The topological polar surface area (TPSA) is 113 Å².